The topological polar surface area (TPSA) is 0 Å². The SMILES string of the molecule is CC(C)(C)C=[C]=[Ru]([Cl])[Cl].c1ccc([PH+](c2ccccc2)c2ccccc2)cc1.c1ccc([PH+](c2ccccc2)c2ccccc2)cc1. The summed E-state index contributed by atoms with van der Waals surface area (Å²) in [5, 5.41) is 8.61. The Morgan fingerprint density at radius 2 is 0.596 bits per heavy atom. The van der Waals surface area contributed by atoms with Gasteiger partial charge in [0.15, 0.2) is 0 Å². The Labute approximate surface area is 297 Å². The number of hydrogen-bond acceptors (Lipinski definition) is 0. The largest absolute Gasteiger partial charge is 0.102 e. The van der Waals surface area contributed by atoms with Crippen LogP contribution in [-0.4, -0.2) is 4.26 Å². The van der Waals surface area contributed by atoms with Crippen molar-refractivity contribution in [3.8, 4) is 0 Å². The molecule has 0 aliphatic rings. The van der Waals surface area contributed by atoms with E-state index in [-0.39, 0.29) is 5.41 Å². The molecule has 0 saturated heterocycles. The number of hydrogen-bond donors (Lipinski definition) is 0. The average molecular weight is 781 g/mol. The first-order valence-corrected chi connectivity index (χ1v) is 23.8. The van der Waals surface area contributed by atoms with Gasteiger partial charge in [-0.25, -0.2) is 0 Å². The van der Waals surface area contributed by atoms with Gasteiger partial charge < -0.3 is 0 Å². The molecule has 0 amide bonds. The van der Waals surface area contributed by atoms with E-state index < -0.39 is 29.4 Å². The van der Waals surface area contributed by atoms with Gasteiger partial charge in [0.25, 0.3) is 0 Å². The van der Waals surface area contributed by atoms with E-state index in [0.29, 0.717) is 0 Å². The summed E-state index contributed by atoms with van der Waals surface area (Å²) in [6.07, 6.45) is 1.94. The van der Waals surface area contributed by atoms with Crippen molar-refractivity contribution in [3.63, 3.8) is 0 Å². The zero-order valence-corrected chi connectivity index (χ0v) is 32.3. The second-order valence-corrected chi connectivity index (χ2v) is 22.1. The van der Waals surface area contributed by atoms with E-state index >= 15 is 0 Å². The minimum Gasteiger partial charge on any atom is -0.0620 e. The first-order valence-electron chi connectivity index (χ1n) is 15.5. The van der Waals surface area contributed by atoms with Gasteiger partial charge in [-0.15, -0.1) is 0 Å². The summed E-state index contributed by atoms with van der Waals surface area (Å²) in [5.41, 5.74) is 0.163. The zero-order valence-electron chi connectivity index (χ0n) is 27.0. The van der Waals surface area contributed by atoms with Crippen LogP contribution in [0.25, 0.3) is 0 Å². The van der Waals surface area contributed by atoms with Crippen molar-refractivity contribution in [2.45, 2.75) is 20.8 Å². The molecule has 6 rings (SSSR count). The number of halogens is 2. The van der Waals surface area contributed by atoms with Crippen LogP contribution in [0.15, 0.2) is 188 Å². The first-order chi connectivity index (χ1) is 22.8. The molecule has 0 saturated carbocycles. The summed E-state index contributed by atoms with van der Waals surface area (Å²) in [5.74, 6) is 0. The Kier molecular flexibility index (Phi) is 15.5. The molecule has 0 aromatic heterocycles. The molecular formula is C42H42Cl2P2Ru+2. The van der Waals surface area contributed by atoms with E-state index in [9.17, 15) is 0 Å². The maximum Gasteiger partial charge on any atom is 0.102 e. The van der Waals surface area contributed by atoms with Crippen LogP contribution in [0.1, 0.15) is 20.8 Å². The molecule has 0 aliphatic heterocycles. The predicted molar refractivity (Wildman–Crippen MR) is 214 cm³/mol. The van der Waals surface area contributed by atoms with Crippen LogP contribution in [0.3, 0.4) is 0 Å². The van der Waals surface area contributed by atoms with E-state index in [1.165, 1.54) is 31.8 Å². The van der Waals surface area contributed by atoms with Crippen LogP contribution in [-0.2, 0) is 13.5 Å². The van der Waals surface area contributed by atoms with Gasteiger partial charge in [-0.2, -0.15) is 0 Å². The molecule has 0 radical (unpaired) electrons. The number of rotatable bonds is 6. The second kappa shape index (κ2) is 19.8. The molecule has 0 N–H and O–H groups in total. The van der Waals surface area contributed by atoms with Gasteiger partial charge in [0.1, 0.15) is 31.8 Å². The molecule has 0 bridgehead atoms. The summed E-state index contributed by atoms with van der Waals surface area (Å²) in [6.45, 7) is 6.27. The summed E-state index contributed by atoms with van der Waals surface area (Å²) in [7, 11) is 9.35. The molecule has 240 valence electrons. The molecule has 0 fully saturated rings. The van der Waals surface area contributed by atoms with Crippen molar-refractivity contribution in [1.29, 1.82) is 0 Å². The van der Waals surface area contributed by atoms with Crippen molar-refractivity contribution in [3.05, 3.63) is 188 Å². The monoisotopic (exact) mass is 780 g/mol. The van der Waals surface area contributed by atoms with Crippen LogP contribution in [0.4, 0.5) is 0 Å². The number of allylic oxidation sites excluding steroid dienone is 1. The smallest absolute Gasteiger partial charge is 0.0620 e. The Balaban J connectivity index is 0.000000171. The quantitative estimate of drug-likeness (QED) is 0.117. The van der Waals surface area contributed by atoms with Gasteiger partial charge in [0.05, 0.1) is 15.8 Å². The third kappa shape index (κ3) is 12.9. The summed E-state index contributed by atoms with van der Waals surface area (Å²) in [4.78, 5) is 0. The van der Waals surface area contributed by atoms with Gasteiger partial charge in [-0.05, 0) is 72.8 Å². The Morgan fingerprint density at radius 3 is 0.723 bits per heavy atom. The van der Waals surface area contributed by atoms with Crippen molar-refractivity contribution in [2.75, 3.05) is 0 Å². The van der Waals surface area contributed by atoms with Crippen molar-refractivity contribution in [2.24, 2.45) is 5.41 Å². The molecule has 0 spiro atoms. The van der Waals surface area contributed by atoms with Gasteiger partial charge in [-0.1, -0.05) is 109 Å². The van der Waals surface area contributed by atoms with E-state index in [0.717, 1.165) is 0 Å². The van der Waals surface area contributed by atoms with Crippen molar-refractivity contribution < 1.29 is 13.5 Å². The fraction of sp³-hybridized carbons (Fsp3) is 0.0952. The predicted octanol–water partition coefficient (Wildman–Crippen LogP) is 9.27. The molecule has 0 heterocycles. The minimum atomic E-state index is -1.67. The van der Waals surface area contributed by atoms with E-state index in [2.05, 4.69) is 207 Å². The van der Waals surface area contributed by atoms with E-state index in [4.69, 9.17) is 19.4 Å². The van der Waals surface area contributed by atoms with Gasteiger partial charge in [0, 0.05) is 0 Å². The number of benzene rings is 6. The molecule has 0 atom stereocenters. The van der Waals surface area contributed by atoms with E-state index in [1.807, 2.05) is 6.08 Å². The van der Waals surface area contributed by atoms with Crippen molar-refractivity contribution in [1.82, 2.24) is 0 Å². The average Bonchev–Trinajstić information content (AvgIpc) is 3.11. The summed E-state index contributed by atoms with van der Waals surface area (Å²) >= 11 is -1.67. The Bertz CT molecular complexity index is 1480. The van der Waals surface area contributed by atoms with Gasteiger partial charge in [0.2, 0.25) is 0 Å². The van der Waals surface area contributed by atoms with Crippen LogP contribution >= 0.6 is 35.2 Å². The van der Waals surface area contributed by atoms with Gasteiger partial charge in [-0.3, -0.25) is 0 Å². The molecule has 5 heteroatoms. The van der Waals surface area contributed by atoms with Crippen LogP contribution < -0.4 is 31.8 Å². The summed E-state index contributed by atoms with van der Waals surface area (Å²) < 4.78 is 2.93. The molecule has 6 aromatic rings. The molecule has 0 aliphatic carbocycles. The van der Waals surface area contributed by atoms with Crippen LogP contribution in [0, 0.1) is 5.41 Å². The van der Waals surface area contributed by atoms with Crippen LogP contribution in [0.5, 0.6) is 0 Å². The van der Waals surface area contributed by atoms with Crippen LogP contribution in [0.2, 0.25) is 0 Å². The molecule has 6 aromatic carbocycles. The second-order valence-electron chi connectivity index (χ2n) is 11.7. The maximum absolute atomic E-state index is 5.55. The minimum absolute atomic E-state index is 0.163. The molecule has 0 unspecified atom stereocenters. The molecule has 47 heavy (non-hydrogen) atoms. The van der Waals surface area contributed by atoms with E-state index in [1.54, 1.807) is 0 Å². The summed E-state index contributed by atoms with van der Waals surface area (Å²) in [6, 6.07) is 65.0. The fourth-order valence-corrected chi connectivity index (χ4v) is 11.4. The normalized spacial score (nSPS) is 10.9. The standard InChI is InChI=1S/2C18H15P.C6H10.2ClH.Ru/c2*1-4-10-16(11-5-1)19(17-12-6-2-7-13-17)18-14-8-3-9-15-18;1-5-6(2,3)4;;;/h2*1-15H;5H,2-4H3;2*1H;/q;;;;;+2. The van der Waals surface area contributed by atoms with Gasteiger partial charge >= 0.3 is 69.4 Å². The Hall–Kier alpha value is -2.97. The fourth-order valence-electron chi connectivity index (χ4n) is 4.82. The van der Waals surface area contributed by atoms with Crippen molar-refractivity contribution >= 4 is 71.3 Å². The zero-order chi connectivity index (χ0) is 33.3. The Morgan fingerprint density at radius 1 is 0.404 bits per heavy atom. The maximum atomic E-state index is 5.55. The third-order valence-electron chi connectivity index (χ3n) is 6.94. The third-order valence-corrected chi connectivity index (χ3v) is 13.9. The molecular weight excluding hydrogens is 738 g/mol. The molecule has 0 nitrogen and oxygen atoms in total. The first kappa shape index (κ1) is 36.9.